The van der Waals surface area contributed by atoms with Crippen LogP contribution in [0.3, 0.4) is 0 Å². The van der Waals surface area contributed by atoms with Gasteiger partial charge in [-0.15, -0.1) is 0 Å². The van der Waals surface area contributed by atoms with E-state index in [-0.39, 0.29) is 25.9 Å². The van der Waals surface area contributed by atoms with Gasteiger partial charge in [-0.3, -0.25) is 14.5 Å². The van der Waals surface area contributed by atoms with Crippen molar-refractivity contribution in [3.8, 4) is 17.2 Å². The minimum absolute atomic E-state index is 0.122. The smallest absolute Gasteiger partial charge is 0.309 e. The van der Waals surface area contributed by atoms with Gasteiger partial charge in [-0.1, -0.05) is 18.2 Å². The number of methoxy groups -OCH3 is 1. The number of hydrogen-bond donors (Lipinski definition) is 2. The second kappa shape index (κ2) is 10.3. The van der Waals surface area contributed by atoms with E-state index < -0.39 is 11.8 Å². The number of rotatable bonds is 7. The van der Waals surface area contributed by atoms with Crippen LogP contribution in [0.1, 0.15) is 17.2 Å². The Morgan fingerprint density at radius 1 is 1.03 bits per heavy atom. The average molecular weight is 441 g/mol. The SMILES string of the molecule is COc1cccc(CNC(=O)C(=O)NCC(c2ccc3c(c2)OCO3)N2CCOCC2)c1. The lowest BCUT2D eigenvalue weighted by Gasteiger charge is -2.34. The van der Waals surface area contributed by atoms with Gasteiger partial charge in [-0.2, -0.15) is 0 Å². The molecule has 2 aliphatic heterocycles. The molecule has 9 heteroatoms. The molecule has 2 aliphatic rings. The van der Waals surface area contributed by atoms with Crippen LogP contribution in [0.4, 0.5) is 0 Å². The molecule has 1 saturated heterocycles. The van der Waals surface area contributed by atoms with Gasteiger partial charge in [0.1, 0.15) is 5.75 Å². The molecule has 2 aromatic rings. The largest absolute Gasteiger partial charge is 0.497 e. The summed E-state index contributed by atoms with van der Waals surface area (Å²) in [4.78, 5) is 27.0. The van der Waals surface area contributed by atoms with E-state index in [4.69, 9.17) is 18.9 Å². The molecular formula is C23H27N3O6. The molecule has 4 rings (SSSR count). The van der Waals surface area contributed by atoms with Crippen LogP contribution >= 0.6 is 0 Å². The van der Waals surface area contributed by atoms with Gasteiger partial charge in [0.25, 0.3) is 0 Å². The Bertz CT molecular complexity index is 960. The molecule has 0 spiro atoms. The van der Waals surface area contributed by atoms with Crippen LogP contribution < -0.4 is 24.8 Å². The maximum Gasteiger partial charge on any atom is 0.309 e. The predicted molar refractivity (Wildman–Crippen MR) is 116 cm³/mol. The summed E-state index contributed by atoms with van der Waals surface area (Å²) in [7, 11) is 1.58. The summed E-state index contributed by atoms with van der Waals surface area (Å²) in [5.41, 5.74) is 1.82. The van der Waals surface area contributed by atoms with Crippen molar-refractivity contribution in [3.05, 3.63) is 53.6 Å². The summed E-state index contributed by atoms with van der Waals surface area (Å²) in [5, 5.41) is 5.43. The zero-order valence-electron chi connectivity index (χ0n) is 18.0. The molecule has 0 radical (unpaired) electrons. The fourth-order valence-electron chi connectivity index (χ4n) is 3.78. The highest BCUT2D eigenvalue weighted by molar-refractivity contribution is 6.35. The summed E-state index contributed by atoms with van der Waals surface area (Å²) in [6.45, 7) is 3.43. The maximum absolute atomic E-state index is 12.5. The van der Waals surface area contributed by atoms with Crippen LogP contribution in [0.2, 0.25) is 0 Å². The van der Waals surface area contributed by atoms with E-state index >= 15 is 0 Å². The number of nitrogens with one attached hydrogen (secondary N) is 2. The van der Waals surface area contributed by atoms with Gasteiger partial charge in [0.2, 0.25) is 6.79 Å². The first kappa shape index (κ1) is 21.9. The van der Waals surface area contributed by atoms with Gasteiger partial charge >= 0.3 is 11.8 Å². The van der Waals surface area contributed by atoms with Crippen molar-refractivity contribution >= 4 is 11.8 Å². The fraction of sp³-hybridized carbons (Fsp3) is 0.391. The van der Waals surface area contributed by atoms with Gasteiger partial charge in [0, 0.05) is 26.2 Å². The quantitative estimate of drug-likeness (QED) is 0.624. The Kier molecular flexibility index (Phi) is 7.08. The lowest BCUT2D eigenvalue weighted by Crippen LogP contribution is -2.46. The molecule has 0 bridgehead atoms. The number of ether oxygens (including phenoxy) is 4. The highest BCUT2D eigenvalue weighted by atomic mass is 16.7. The topological polar surface area (TPSA) is 98.4 Å². The van der Waals surface area contributed by atoms with Gasteiger partial charge < -0.3 is 29.6 Å². The van der Waals surface area contributed by atoms with Crippen LogP contribution in [0.15, 0.2) is 42.5 Å². The Labute approximate surface area is 186 Å². The molecule has 9 nitrogen and oxygen atoms in total. The molecule has 0 aliphatic carbocycles. The Hall–Kier alpha value is -3.30. The lowest BCUT2D eigenvalue weighted by molar-refractivity contribution is -0.139. The predicted octanol–water partition coefficient (Wildman–Crippen LogP) is 1.23. The van der Waals surface area contributed by atoms with Gasteiger partial charge in [0.05, 0.1) is 26.4 Å². The van der Waals surface area contributed by atoms with Gasteiger partial charge in [-0.05, 0) is 35.4 Å². The fourth-order valence-corrected chi connectivity index (χ4v) is 3.78. The molecule has 2 heterocycles. The van der Waals surface area contributed by atoms with E-state index in [1.165, 1.54) is 0 Å². The van der Waals surface area contributed by atoms with Crippen molar-refractivity contribution in [1.82, 2.24) is 15.5 Å². The first-order chi connectivity index (χ1) is 15.6. The molecule has 1 unspecified atom stereocenters. The van der Waals surface area contributed by atoms with Crippen molar-refractivity contribution in [3.63, 3.8) is 0 Å². The summed E-state index contributed by atoms with van der Waals surface area (Å²) in [6.07, 6.45) is 0. The minimum Gasteiger partial charge on any atom is -0.497 e. The molecule has 170 valence electrons. The van der Waals surface area contributed by atoms with Crippen molar-refractivity contribution in [2.24, 2.45) is 0 Å². The third-order valence-corrected chi connectivity index (χ3v) is 5.52. The summed E-state index contributed by atoms with van der Waals surface area (Å²) >= 11 is 0. The number of hydrogen-bond acceptors (Lipinski definition) is 7. The van der Waals surface area contributed by atoms with Crippen LogP contribution in [-0.2, 0) is 20.9 Å². The van der Waals surface area contributed by atoms with Crippen LogP contribution in [0, 0.1) is 0 Å². The number of carbonyl (C=O) groups is 2. The van der Waals surface area contributed by atoms with E-state index in [0.29, 0.717) is 30.5 Å². The van der Waals surface area contributed by atoms with E-state index in [1.54, 1.807) is 7.11 Å². The molecule has 2 amide bonds. The molecule has 2 N–H and O–H groups in total. The zero-order chi connectivity index (χ0) is 22.3. The third kappa shape index (κ3) is 5.30. The van der Waals surface area contributed by atoms with Crippen molar-refractivity contribution in [2.75, 3.05) is 46.8 Å². The molecular weight excluding hydrogens is 414 g/mol. The second-order valence-corrected chi connectivity index (χ2v) is 7.52. The first-order valence-electron chi connectivity index (χ1n) is 10.5. The van der Waals surface area contributed by atoms with Crippen molar-refractivity contribution in [2.45, 2.75) is 12.6 Å². The van der Waals surface area contributed by atoms with Gasteiger partial charge in [-0.25, -0.2) is 0 Å². The first-order valence-corrected chi connectivity index (χ1v) is 10.5. The Morgan fingerprint density at radius 3 is 2.62 bits per heavy atom. The number of morpholine rings is 1. The highest BCUT2D eigenvalue weighted by Gasteiger charge is 2.26. The van der Waals surface area contributed by atoms with Gasteiger partial charge in [0.15, 0.2) is 11.5 Å². The maximum atomic E-state index is 12.5. The highest BCUT2D eigenvalue weighted by Crippen LogP contribution is 2.35. The van der Waals surface area contributed by atoms with Crippen LogP contribution in [-0.4, -0.2) is 63.5 Å². The number of nitrogens with zero attached hydrogens (tertiary/aromatic N) is 1. The molecule has 1 atom stereocenters. The van der Waals surface area contributed by atoms with E-state index in [9.17, 15) is 9.59 Å². The van der Waals surface area contributed by atoms with E-state index in [0.717, 1.165) is 24.2 Å². The molecule has 2 aromatic carbocycles. The number of benzene rings is 2. The third-order valence-electron chi connectivity index (χ3n) is 5.52. The lowest BCUT2D eigenvalue weighted by atomic mass is 10.0. The monoisotopic (exact) mass is 441 g/mol. The molecule has 32 heavy (non-hydrogen) atoms. The molecule has 1 fully saturated rings. The molecule has 0 aromatic heterocycles. The van der Waals surface area contributed by atoms with Crippen LogP contribution in [0.5, 0.6) is 17.2 Å². The number of amides is 2. The number of carbonyl (C=O) groups excluding carboxylic acids is 2. The average Bonchev–Trinajstić information content (AvgIpc) is 3.31. The van der Waals surface area contributed by atoms with Crippen LogP contribution in [0.25, 0.3) is 0 Å². The Morgan fingerprint density at radius 2 is 1.81 bits per heavy atom. The summed E-state index contributed by atoms with van der Waals surface area (Å²) in [6, 6.07) is 13.0. The summed E-state index contributed by atoms with van der Waals surface area (Å²) in [5.74, 6) is 0.725. The van der Waals surface area contributed by atoms with Crippen molar-refractivity contribution < 1.29 is 28.5 Å². The van der Waals surface area contributed by atoms with E-state index in [1.807, 2.05) is 42.5 Å². The normalized spacial score (nSPS) is 16.3. The Balaban J connectivity index is 1.37. The summed E-state index contributed by atoms with van der Waals surface area (Å²) < 4.78 is 21.6. The van der Waals surface area contributed by atoms with Crippen molar-refractivity contribution in [1.29, 1.82) is 0 Å². The minimum atomic E-state index is -0.681. The molecule has 0 saturated carbocycles. The zero-order valence-corrected chi connectivity index (χ0v) is 18.0. The van der Waals surface area contributed by atoms with E-state index in [2.05, 4.69) is 15.5 Å². The number of fused-ring (bicyclic) bond motifs is 1. The standard InChI is InChI=1S/C23H27N3O6/c1-29-18-4-2-3-16(11-18)13-24-22(27)23(28)25-14-19(26-7-9-30-10-8-26)17-5-6-20-21(12-17)32-15-31-20/h2-6,11-12,19H,7-10,13-15H2,1H3,(H,24,27)(H,25,28). The second-order valence-electron chi connectivity index (χ2n) is 7.52.